The van der Waals surface area contributed by atoms with Crippen molar-refractivity contribution in [1.82, 2.24) is 14.9 Å². The molecule has 0 radical (unpaired) electrons. The van der Waals surface area contributed by atoms with Gasteiger partial charge < -0.3 is 19.5 Å². The van der Waals surface area contributed by atoms with Crippen LogP contribution in [-0.4, -0.2) is 21.8 Å². The summed E-state index contributed by atoms with van der Waals surface area (Å²) >= 11 is 5.84. The summed E-state index contributed by atoms with van der Waals surface area (Å²) in [5.41, 5.74) is 5.66. The number of aryl methyl sites for hydroxylation is 1. The Morgan fingerprint density at radius 3 is 2.47 bits per heavy atom. The molecule has 0 spiro atoms. The number of benzene rings is 1. The summed E-state index contributed by atoms with van der Waals surface area (Å²) in [4.78, 5) is 6.83. The van der Waals surface area contributed by atoms with Gasteiger partial charge in [0.05, 0.1) is 30.6 Å². The average Bonchev–Trinajstić information content (AvgIpc) is 3.23. The van der Waals surface area contributed by atoms with Gasteiger partial charge in [0.25, 0.3) is 0 Å². The smallest absolute Gasteiger partial charge is 0.174 e. The van der Waals surface area contributed by atoms with Crippen LogP contribution in [0.1, 0.15) is 54.6 Å². The van der Waals surface area contributed by atoms with Crippen LogP contribution in [0.25, 0.3) is 0 Å². The number of pyridine rings is 1. The molecule has 1 saturated heterocycles. The highest BCUT2D eigenvalue weighted by Crippen LogP contribution is 2.45. The predicted octanol–water partition coefficient (Wildman–Crippen LogP) is 5.27. The molecule has 1 aliphatic rings. The lowest BCUT2D eigenvalue weighted by Crippen LogP contribution is -2.30. The van der Waals surface area contributed by atoms with Crippen LogP contribution in [0, 0.1) is 13.8 Å². The van der Waals surface area contributed by atoms with Gasteiger partial charge in [0, 0.05) is 23.6 Å². The fourth-order valence-electron chi connectivity index (χ4n) is 4.66. The van der Waals surface area contributed by atoms with E-state index in [9.17, 15) is 0 Å². The molecule has 156 valence electrons. The van der Waals surface area contributed by atoms with Gasteiger partial charge in [-0.05, 0) is 75.8 Å². The number of thiocarbonyl (C=S) groups is 1. The van der Waals surface area contributed by atoms with Crippen LogP contribution in [0.5, 0.6) is 5.75 Å². The van der Waals surface area contributed by atoms with Crippen molar-refractivity contribution in [3.63, 3.8) is 0 Å². The zero-order valence-corrected chi connectivity index (χ0v) is 18.9. The largest absolute Gasteiger partial charge is 0.495 e. The lowest BCUT2D eigenvalue weighted by atomic mass is 9.96. The van der Waals surface area contributed by atoms with Crippen LogP contribution in [0.3, 0.4) is 0 Å². The van der Waals surface area contributed by atoms with E-state index in [1.54, 1.807) is 7.11 Å². The Balaban J connectivity index is 1.92. The molecule has 3 heterocycles. The number of anilines is 1. The second kappa shape index (κ2) is 8.11. The molecule has 2 atom stereocenters. The van der Waals surface area contributed by atoms with Gasteiger partial charge in [-0.25, -0.2) is 0 Å². The highest BCUT2D eigenvalue weighted by Gasteiger charge is 2.43. The van der Waals surface area contributed by atoms with Crippen molar-refractivity contribution in [2.24, 2.45) is 0 Å². The van der Waals surface area contributed by atoms with E-state index in [0.717, 1.165) is 17.1 Å². The quantitative estimate of drug-likeness (QED) is 0.570. The molecule has 0 saturated carbocycles. The molecule has 0 bridgehead atoms. The molecular formula is C24H28N4OS. The minimum absolute atomic E-state index is 0.0394. The maximum Gasteiger partial charge on any atom is 0.174 e. The number of methoxy groups -OCH3 is 1. The number of hydrogen-bond donors (Lipinski definition) is 1. The maximum absolute atomic E-state index is 5.84. The molecule has 1 aliphatic heterocycles. The van der Waals surface area contributed by atoms with Gasteiger partial charge in [-0.15, -0.1) is 0 Å². The summed E-state index contributed by atoms with van der Waals surface area (Å²) in [6, 6.07) is 16.6. The predicted molar refractivity (Wildman–Crippen MR) is 125 cm³/mol. The van der Waals surface area contributed by atoms with Crippen LogP contribution in [0.4, 0.5) is 5.69 Å². The molecule has 30 heavy (non-hydrogen) atoms. The number of para-hydroxylation sites is 2. The first-order valence-electron chi connectivity index (χ1n) is 10.3. The zero-order chi connectivity index (χ0) is 21.4. The third-order valence-corrected chi connectivity index (χ3v) is 6.12. The number of ether oxygens (including phenoxy) is 1. The topological polar surface area (TPSA) is 42.3 Å². The first-order chi connectivity index (χ1) is 14.4. The standard InChI is InChI=1S/C24H28N4OS/c1-15(2)27-16(3)14-18(17(27)4)23-22(19-10-8-9-13-25-19)26-24(30)28(23)20-11-6-7-12-21(20)29-5/h6-15,22-23H,1-5H3,(H,26,30). The zero-order valence-electron chi connectivity index (χ0n) is 18.1. The van der Waals surface area contributed by atoms with Gasteiger partial charge >= 0.3 is 0 Å². The first-order valence-corrected chi connectivity index (χ1v) is 10.7. The van der Waals surface area contributed by atoms with E-state index in [4.69, 9.17) is 17.0 Å². The van der Waals surface area contributed by atoms with Gasteiger partial charge in [-0.3, -0.25) is 4.98 Å². The summed E-state index contributed by atoms with van der Waals surface area (Å²) in [7, 11) is 1.70. The van der Waals surface area contributed by atoms with Crippen molar-refractivity contribution < 1.29 is 4.74 Å². The Morgan fingerprint density at radius 2 is 1.83 bits per heavy atom. The lowest BCUT2D eigenvalue weighted by molar-refractivity contribution is 0.414. The Hall–Kier alpha value is -2.86. The van der Waals surface area contributed by atoms with Gasteiger partial charge in [0.2, 0.25) is 0 Å². The Kier molecular flexibility index (Phi) is 5.52. The summed E-state index contributed by atoms with van der Waals surface area (Å²) in [6.07, 6.45) is 1.83. The summed E-state index contributed by atoms with van der Waals surface area (Å²) < 4.78 is 8.06. The minimum atomic E-state index is -0.0651. The van der Waals surface area contributed by atoms with Crippen molar-refractivity contribution in [3.8, 4) is 5.75 Å². The first kappa shape index (κ1) is 20.4. The van der Waals surface area contributed by atoms with E-state index in [1.165, 1.54) is 17.0 Å². The van der Waals surface area contributed by atoms with Crippen molar-refractivity contribution >= 4 is 23.0 Å². The number of aromatic nitrogens is 2. The second-order valence-corrected chi connectivity index (χ2v) is 8.35. The van der Waals surface area contributed by atoms with Crippen LogP contribution in [-0.2, 0) is 0 Å². The van der Waals surface area contributed by atoms with E-state index in [-0.39, 0.29) is 12.1 Å². The van der Waals surface area contributed by atoms with Crippen LogP contribution < -0.4 is 15.0 Å². The fourth-order valence-corrected chi connectivity index (χ4v) is 4.99. The van der Waals surface area contributed by atoms with Crippen molar-refractivity contribution in [1.29, 1.82) is 0 Å². The minimum Gasteiger partial charge on any atom is -0.495 e. The Morgan fingerprint density at radius 1 is 1.10 bits per heavy atom. The number of rotatable bonds is 5. The summed E-state index contributed by atoms with van der Waals surface area (Å²) in [6.45, 7) is 8.80. The molecule has 5 nitrogen and oxygen atoms in total. The molecule has 0 aliphatic carbocycles. The van der Waals surface area contributed by atoms with Gasteiger partial charge in [-0.1, -0.05) is 18.2 Å². The molecular weight excluding hydrogens is 392 g/mol. The van der Waals surface area contributed by atoms with E-state index in [1.807, 2.05) is 36.5 Å². The average molecular weight is 421 g/mol. The summed E-state index contributed by atoms with van der Waals surface area (Å²) in [5, 5.41) is 4.21. The Labute approximate surface area is 183 Å². The number of hydrogen-bond acceptors (Lipinski definition) is 3. The third kappa shape index (κ3) is 3.35. The van der Waals surface area contributed by atoms with E-state index in [2.05, 4.69) is 65.7 Å². The highest BCUT2D eigenvalue weighted by molar-refractivity contribution is 7.80. The third-order valence-electron chi connectivity index (χ3n) is 5.80. The van der Waals surface area contributed by atoms with Crippen molar-refractivity contribution in [2.75, 3.05) is 12.0 Å². The molecule has 1 fully saturated rings. The van der Waals surface area contributed by atoms with Gasteiger partial charge in [-0.2, -0.15) is 0 Å². The maximum atomic E-state index is 5.84. The highest BCUT2D eigenvalue weighted by atomic mass is 32.1. The van der Waals surface area contributed by atoms with E-state index in [0.29, 0.717) is 11.2 Å². The molecule has 2 aromatic heterocycles. The molecule has 1 aromatic carbocycles. The SMILES string of the molecule is COc1ccccc1N1C(=S)NC(c2ccccn2)C1c1cc(C)n(C(C)C)c1C. The normalized spacial score (nSPS) is 18.7. The van der Waals surface area contributed by atoms with E-state index < -0.39 is 0 Å². The lowest BCUT2D eigenvalue weighted by Gasteiger charge is -2.29. The molecule has 6 heteroatoms. The van der Waals surface area contributed by atoms with Crippen LogP contribution in [0.15, 0.2) is 54.7 Å². The van der Waals surface area contributed by atoms with Crippen LogP contribution >= 0.6 is 12.2 Å². The fraction of sp³-hybridized carbons (Fsp3) is 0.333. The monoisotopic (exact) mass is 420 g/mol. The van der Waals surface area contributed by atoms with Gasteiger partial charge in [0.15, 0.2) is 5.11 Å². The Bertz CT molecular complexity index is 1060. The molecule has 3 aromatic rings. The second-order valence-electron chi connectivity index (χ2n) is 7.96. The number of nitrogens with zero attached hydrogens (tertiary/aromatic N) is 3. The molecule has 0 amide bonds. The summed E-state index contributed by atoms with van der Waals surface area (Å²) in [5.74, 6) is 0.797. The van der Waals surface area contributed by atoms with Gasteiger partial charge in [0.1, 0.15) is 5.75 Å². The molecule has 1 N–H and O–H groups in total. The molecule has 4 rings (SSSR count). The van der Waals surface area contributed by atoms with Crippen molar-refractivity contribution in [2.45, 2.75) is 45.8 Å². The van der Waals surface area contributed by atoms with E-state index >= 15 is 0 Å². The molecule has 2 unspecified atom stereocenters. The van der Waals surface area contributed by atoms with Crippen LogP contribution in [0.2, 0.25) is 0 Å². The van der Waals surface area contributed by atoms with Crippen molar-refractivity contribution in [3.05, 3.63) is 77.4 Å². The number of nitrogens with one attached hydrogen (secondary N) is 1.